The van der Waals surface area contributed by atoms with Gasteiger partial charge in [0.1, 0.15) is 5.75 Å². The SMILES string of the molecule is COc1cccc(-c2c(-n3cccc3)cc(C)c(C)c2SC)c1. The zero-order valence-electron chi connectivity index (χ0n) is 14.0. The number of thioether (sulfide) groups is 1. The Hall–Kier alpha value is -2.13. The summed E-state index contributed by atoms with van der Waals surface area (Å²) in [6.07, 6.45) is 6.33. The average Bonchev–Trinajstić information content (AvgIpc) is 3.11. The molecule has 0 bridgehead atoms. The van der Waals surface area contributed by atoms with Gasteiger partial charge in [-0.1, -0.05) is 12.1 Å². The van der Waals surface area contributed by atoms with E-state index >= 15 is 0 Å². The minimum absolute atomic E-state index is 0.881. The molecule has 0 aliphatic rings. The molecule has 0 aliphatic carbocycles. The maximum absolute atomic E-state index is 5.42. The summed E-state index contributed by atoms with van der Waals surface area (Å²) in [5.74, 6) is 0.881. The van der Waals surface area contributed by atoms with Gasteiger partial charge >= 0.3 is 0 Å². The Balaban J connectivity index is 2.34. The van der Waals surface area contributed by atoms with Crippen LogP contribution in [0, 0.1) is 13.8 Å². The number of methoxy groups -OCH3 is 1. The van der Waals surface area contributed by atoms with E-state index in [-0.39, 0.29) is 0 Å². The van der Waals surface area contributed by atoms with Crippen molar-refractivity contribution in [3.05, 3.63) is 66.0 Å². The number of hydrogen-bond donors (Lipinski definition) is 0. The maximum Gasteiger partial charge on any atom is 0.119 e. The van der Waals surface area contributed by atoms with Crippen molar-refractivity contribution in [1.82, 2.24) is 4.57 Å². The predicted octanol–water partition coefficient (Wildman–Crippen LogP) is 5.49. The number of ether oxygens (including phenoxy) is 1. The fourth-order valence-corrected chi connectivity index (χ4v) is 3.77. The van der Waals surface area contributed by atoms with E-state index in [1.54, 1.807) is 18.9 Å². The molecule has 0 N–H and O–H groups in total. The molecule has 0 atom stereocenters. The molecule has 2 aromatic carbocycles. The Morgan fingerprint density at radius 2 is 1.74 bits per heavy atom. The smallest absolute Gasteiger partial charge is 0.119 e. The lowest BCUT2D eigenvalue weighted by atomic mass is 9.97. The monoisotopic (exact) mass is 323 g/mol. The molecule has 1 heterocycles. The van der Waals surface area contributed by atoms with Crippen molar-refractivity contribution >= 4 is 11.8 Å². The summed E-state index contributed by atoms with van der Waals surface area (Å²) in [5, 5.41) is 0. The summed E-state index contributed by atoms with van der Waals surface area (Å²) in [6, 6.07) is 14.7. The van der Waals surface area contributed by atoms with Crippen molar-refractivity contribution < 1.29 is 4.74 Å². The highest BCUT2D eigenvalue weighted by molar-refractivity contribution is 7.98. The van der Waals surface area contributed by atoms with Gasteiger partial charge in [-0.05, 0) is 67.1 Å². The van der Waals surface area contributed by atoms with Gasteiger partial charge in [0.05, 0.1) is 12.8 Å². The maximum atomic E-state index is 5.42. The van der Waals surface area contributed by atoms with Gasteiger partial charge in [0.2, 0.25) is 0 Å². The Morgan fingerprint density at radius 1 is 1.00 bits per heavy atom. The van der Waals surface area contributed by atoms with E-state index in [0.29, 0.717) is 0 Å². The number of hydrogen-bond acceptors (Lipinski definition) is 2. The molecule has 23 heavy (non-hydrogen) atoms. The van der Waals surface area contributed by atoms with Crippen LogP contribution in [0.2, 0.25) is 0 Å². The van der Waals surface area contributed by atoms with Crippen LogP contribution >= 0.6 is 11.8 Å². The van der Waals surface area contributed by atoms with E-state index in [0.717, 1.165) is 5.75 Å². The van der Waals surface area contributed by atoms with Gasteiger partial charge < -0.3 is 9.30 Å². The van der Waals surface area contributed by atoms with Crippen LogP contribution in [0.15, 0.2) is 59.8 Å². The van der Waals surface area contributed by atoms with E-state index < -0.39 is 0 Å². The normalized spacial score (nSPS) is 10.8. The third kappa shape index (κ3) is 2.89. The van der Waals surface area contributed by atoms with E-state index in [4.69, 9.17) is 4.74 Å². The van der Waals surface area contributed by atoms with Crippen LogP contribution in [-0.4, -0.2) is 17.9 Å². The first-order valence-electron chi connectivity index (χ1n) is 7.61. The number of benzene rings is 2. The molecule has 0 fully saturated rings. The van der Waals surface area contributed by atoms with Crippen LogP contribution in [0.5, 0.6) is 5.75 Å². The molecule has 0 saturated carbocycles. The first kappa shape index (κ1) is 15.8. The summed E-state index contributed by atoms with van der Waals surface area (Å²) < 4.78 is 7.60. The summed E-state index contributed by atoms with van der Waals surface area (Å²) in [5.41, 5.74) is 6.29. The molecule has 0 unspecified atom stereocenters. The summed E-state index contributed by atoms with van der Waals surface area (Å²) >= 11 is 1.80. The fourth-order valence-electron chi connectivity index (χ4n) is 2.88. The topological polar surface area (TPSA) is 14.2 Å². The molecule has 1 aromatic heterocycles. The molecule has 0 amide bonds. The van der Waals surface area contributed by atoms with Gasteiger partial charge in [-0.25, -0.2) is 0 Å². The van der Waals surface area contributed by atoms with Crippen molar-refractivity contribution in [2.45, 2.75) is 18.7 Å². The number of aryl methyl sites for hydroxylation is 1. The van der Waals surface area contributed by atoms with Crippen LogP contribution in [0.25, 0.3) is 16.8 Å². The zero-order chi connectivity index (χ0) is 16.4. The fraction of sp³-hybridized carbons (Fsp3) is 0.200. The number of rotatable bonds is 4. The van der Waals surface area contributed by atoms with Gasteiger partial charge in [-0.15, -0.1) is 11.8 Å². The molecule has 2 nitrogen and oxygen atoms in total. The predicted molar refractivity (Wildman–Crippen MR) is 99.0 cm³/mol. The molecular formula is C20H21NOS. The molecular weight excluding hydrogens is 302 g/mol. The first-order chi connectivity index (χ1) is 11.2. The first-order valence-corrected chi connectivity index (χ1v) is 8.84. The summed E-state index contributed by atoms with van der Waals surface area (Å²) in [4.78, 5) is 1.32. The van der Waals surface area contributed by atoms with Crippen LogP contribution in [0.3, 0.4) is 0 Å². The molecule has 0 aliphatic heterocycles. The second-order valence-corrected chi connectivity index (χ2v) is 6.38. The van der Waals surface area contributed by atoms with Crippen LogP contribution in [0.1, 0.15) is 11.1 Å². The Morgan fingerprint density at radius 3 is 2.39 bits per heavy atom. The lowest BCUT2D eigenvalue weighted by molar-refractivity contribution is 0.415. The molecule has 0 radical (unpaired) electrons. The minimum atomic E-state index is 0.881. The van der Waals surface area contributed by atoms with Crippen LogP contribution in [0.4, 0.5) is 0 Å². The van der Waals surface area contributed by atoms with Crippen molar-refractivity contribution in [2.75, 3.05) is 13.4 Å². The van der Waals surface area contributed by atoms with Crippen LogP contribution in [-0.2, 0) is 0 Å². The minimum Gasteiger partial charge on any atom is -0.497 e. The zero-order valence-corrected chi connectivity index (χ0v) is 14.8. The largest absolute Gasteiger partial charge is 0.497 e. The third-order valence-electron chi connectivity index (χ3n) is 4.21. The van der Waals surface area contributed by atoms with Gasteiger partial charge in [0, 0.05) is 22.9 Å². The second-order valence-electron chi connectivity index (χ2n) is 5.57. The van der Waals surface area contributed by atoms with E-state index in [9.17, 15) is 0 Å². The summed E-state index contributed by atoms with van der Waals surface area (Å²) in [6.45, 7) is 4.38. The Bertz CT molecular complexity index is 822. The van der Waals surface area contributed by atoms with E-state index in [1.165, 1.54) is 32.8 Å². The third-order valence-corrected chi connectivity index (χ3v) is 5.13. The highest BCUT2D eigenvalue weighted by atomic mass is 32.2. The van der Waals surface area contributed by atoms with E-state index in [1.807, 2.05) is 12.1 Å². The van der Waals surface area contributed by atoms with Gasteiger partial charge in [0.25, 0.3) is 0 Å². The molecule has 3 rings (SSSR count). The van der Waals surface area contributed by atoms with Crippen molar-refractivity contribution in [2.24, 2.45) is 0 Å². The lowest BCUT2D eigenvalue weighted by Crippen LogP contribution is -2.00. The van der Waals surface area contributed by atoms with Crippen molar-refractivity contribution in [3.8, 4) is 22.6 Å². The van der Waals surface area contributed by atoms with Crippen LogP contribution < -0.4 is 4.74 Å². The lowest BCUT2D eigenvalue weighted by Gasteiger charge is -2.19. The second kappa shape index (κ2) is 6.55. The van der Waals surface area contributed by atoms with Gasteiger partial charge in [-0.2, -0.15) is 0 Å². The number of nitrogens with zero attached hydrogens (tertiary/aromatic N) is 1. The average molecular weight is 323 g/mol. The summed E-state index contributed by atoms with van der Waals surface area (Å²) in [7, 11) is 1.71. The van der Waals surface area contributed by atoms with E-state index in [2.05, 4.69) is 67.4 Å². The molecule has 118 valence electrons. The highest BCUT2D eigenvalue weighted by Crippen LogP contribution is 2.40. The standard InChI is InChI=1S/C20H21NOS/c1-14-12-18(21-10-5-6-11-21)19(20(23-4)15(14)2)16-8-7-9-17(13-16)22-3/h5-13H,1-4H3. The Kier molecular flexibility index (Phi) is 4.49. The van der Waals surface area contributed by atoms with Gasteiger partial charge in [0.15, 0.2) is 0 Å². The molecule has 3 aromatic rings. The van der Waals surface area contributed by atoms with Crippen molar-refractivity contribution in [3.63, 3.8) is 0 Å². The quantitative estimate of drug-likeness (QED) is 0.589. The number of aromatic nitrogens is 1. The molecule has 0 spiro atoms. The highest BCUT2D eigenvalue weighted by Gasteiger charge is 2.16. The molecule has 3 heteroatoms. The van der Waals surface area contributed by atoms with Gasteiger partial charge in [-0.3, -0.25) is 0 Å². The van der Waals surface area contributed by atoms with Crippen molar-refractivity contribution in [1.29, 1.82) is 0 Å². The Labute approximate surface area is 142 Å². The molecule has 0 saturated heterocycles.